The number of ketones is 2. The molecule has 0 unspecified atom stereocenters. The third kappa shape index (κ3) is 6.19. The summed E-state index contributed by atoms with van der Waals surface area (Å²) in [6.45, 7) is 3.54. The molecule has 0 N–H and O–H groups in total. The molecule has 0 saturated carbocycles. The Balaban J connectivity index is 3.48. The monoisotopic (exact) mass is 388 g/mol. The molecule has 0 aromatic heterocycles. The van der Waals surface area contributed by atoms with E-state index in [4.69, 9.17) is 9.47 Å². The molecule has 1 rings (SSSR count). The van der Waals surface area contributed by atoms with E-state index in [1.165, 1.54) is 13.0 Å². The maximum atomic E-state index is 13.4. The van der Waals surface area contributed by atoms with Crippen LogP contribution < -0.4 is 0 Å². The summed E-state index contributed by atoms with van der Waals surface area (Å²) in [7, 11) is 0. The molecule has 1 aromatic rings. The highest BCUT2D eigenvalue weighted by Gasteiger charge is 2.46. The predicted octanol–water partition coefficient (Wildman–Crippen LogP) is 3.31. The summed E-state index contributed by atoms with van der Waals surface area (Å²) in [6.07, 6.45) is -6.61. The number of alkyl halides is 3. The minimum absolute atomic E-state index is 0.368. The van der Waals surface area contributed by atoms with Gasteiger partial charge in [0.25, 0.3) is 5.79 Å². The summed E-state index contributed by atoms with van der Waals surface area (Å²) in [5.74, 6) is -5.90. The molecule has 0 amide bonds. The summed E-state index contributed by atoms with van der Waals surface area (Å²) < 4.78 is 50.4. The minimum Gasteiger partial charge on any atom is -0.418 e. The molecule has 0 spiro atoms. The molecule has 1 aromatic carbocycles. The van der Waals surface area contributed by atoms with Gasteiger partial charge in [-0.1, -0.05) is 25.1 Å². The molecule has 0 fully saturated rings. The van der Waals surface area contributed by atoms with Gasteiger partial charge in [-0.2, -0.15) is 13.2 Å². The fraction of sp³-hybridized carbons (Fsp3) is 0.444. The Morgan fingerprint density at radius 1 is 0.852 bits per heavy atom. The van der Waals surface area contributed by atoms with E-state index in [0.29, 0.717) is 0 Å². The number of rotatable bonds is 8. The van der Waals surface area contributed by atoms with Crippen LogP contribution in [0.15, 0.2) is 24.3 Å². The lowest BCUT2D eigenvalue weighted by Crippen LogP contribution is -2.39. The molecular formula is C18H19F3O6. The molecule has 27 heavy (non-hydrogen) atoms. The Kier molecular flexibility index (Phi) is 7.27. The Morgan fingerprint density at radius 3 is 1.59 bits per heavy atom. The van der Waals surface area contributed by atoms with Gasteiger partial charge in [-0.25, -0.2) is 0 Å². The first-order valence-corrected chi connectivity index (χ1v) is 8.00. The second-order valence-corrected chi connectivity index (χ2v) is 5.86. The zero-order chi connectivity index (χ0) is 20.8. The molecule has 0 aliphatic heterocycles. The second-order valence-electron chi connectivity index (χ2n) is 5.86. The van der Waals surface area contributed by atoms with Gasteiger partial charge in [0, 0.05) is 12.0 Å². The Morgan fingerprint density at radius 2 is 1.26 bits per heavy atom. The zero-order valence-corrected chi connectivity index (χ0v) is 15.0. The highest BCUT2D eigenvalue weighted by atomic mass is 19.4. The maximum Gasteiger partial charge on any atom is 0.416 e. The lowest BCUT2D eigenvalue weighted by atomic mass is 9.96. The van der Waals surface area contributed by atoms with E-state index in [1.807, 2.05) is 0 Å². The van der Waals surface area contributed by atoms with Gasteiger partial charge in [0.2, 0.25) is 0 Å². The van der Waals surface area contributed by atoms with E-state index in [1.54, 1.807) is 0 Å². The largest absolute Gasteiger partial charge is 0.418 e. The van der Waals surface area contributed by atoms with Crippen LogP contribution in [0.25, 0.3) is 0 Å². The fourth-order valence-electron chi connectivity index (χ4n) is 2.37. The summed E-state index contributed by atoms with van der Waals surface area (Å²) >= 11 is 0. The minimum atomic E-state index is -4.82. The molecule has 0 heterocycles. The van der Waals surface area contributed by atoms with Crippen molar-refractivity contribution in [2.45, 2.75) is 52.0 Å². The molecule has 0 atom stereocenters. The van der Waals surface area contributed by atoms with Crippen LogP contribution in [0, 0.1) is 0 Å². The average Bonchev–Trinajstić information content (AvgIpc) is 2.51. The van der Waals surface area contributed by atoms with Gasteiger partial charge in [0.05, 0.1) is 5.56 Å². The lowest BCUT2D eigenvalue weighted by molar-refractivity contribution is -0.238. The number of carbonyl (C=O) groups excluding carboxylic acids is 4. The van der Waals surface area contributed by atoms with Crippen molar-refractivity contribution in [1.82, 2.24) is 0 Å². The first kappa shape index (κ1) is 22.3. The van der Waals surface area contributed by atoms with Gasteiger partial charge in [0.15, 0.2) is 0 Å². The molecule has 6 nitrogen and oxygen atoms in total. The van der Waals surface area contributed by atoms with Crippen LogP contribution in [0.2, 0.25) is 0 Å². The summed E-state index contributed by atoms with van der Waals surface area (Å²) in [5.41, 5.74) is -1.77. The van der Waals surface area contributed by atoms with Gasteiger partial charge >= 0.3 is 18.1 Å². The topological polar surface area (TPSA) is 86.7 Å². The normalized spacial score (nSPS) is 11.6. The molecule has 0 radical (unpaired) electrons. The third-order valence-electron chi connectivity index (χ3n) is 3.45. The number of halogens is 3. The lowest BCUT2D eigenvalue weighted by Gasteiger charge is -2.34. The van der Waals surface area contributed by atoms with Crippen LogP contribution in [0.4, 0.5) is 13.2 Å². The number of Topliss-reactive ketones (excluding diaryl/α,β-unsaturated/α-hetero) is 2. The van der Waals surface area contributed by atoms with Crippen LogP contribution in [-0.2, 0) is 40.6 Å². The van der Waals surface area contributed by atoms with Gasteiger partial charge in [-0.05, 0) is 19.9 Å². The van der Waals surface area contributed by atoms with Crippen molar-refractivity contribution in [2.24, 2.45) is 0 Å². The second kappa shape index (κ2) is 8.79. The number of hydrogen-bond donors (Lipinski definition) is 0. The van der Waals surface area contributed by atoms with E-state index in [-0.39, 0.29) is 6.42 Å². The van der Waals surface area contributed by atoms with Gasteiger partial charge in [-0.15, -0.1) is 0 Å². The van der Waals surface area contributed by atoms with Crippen LogP contribution >= 0.6 is 0 Å². The molecule has 9 heteroatoms. The van der Waals surface area contributed by atoms with Crippen molar-refractivity contribution in [3.8, 4) is 0 Å². The summed E-state index contributed by atoms with van der Waals surface area (Å²) in [6, 6.07) is 4.14. The number of ether oxygens (including phenoxy) is 2. The van der Waals surface area contributed by atoms with E-state index in [0.717, 1.165) is 32.0 Å². The first-order chi connectivity index (χ1) is 12.4. The van der Waals surface area contributed by atoms with Crippen molar-refractivity contribution in [3.05, 3.63) is 35.4 Å². The van der Waals surface area contributed by atoms with E-state index < -0.39 is 59.4 Å². The van der Waals surface area contributed by atoms with Crippen molar-refractivity contribution in [3.63, 3.8) is 0 Å². The van der Waals surface area contributed by atoms with Crippen LogP contribution in [0.3, 0.4) is 0 Å². The van der Waals surface area contributed by atoms with E-state index in [2.05, 4.69) is 0 Å². The number of esters is 2. The van der Waals surface area contributed by atoms with Gasteiger partial charge in [-0.3, -0.25) is 19.2 Å². The smallest absolute Gasteiger partial charge is 0.416 e. The highest BCUT2D eigenvalue weighted by Crippen LogP contribution is 2.41. The molecule has 0 saturated heterocycles. The SMILES string of the molecule is CCC(OC(=O)CC(C)=O)(OC(=O)CC(C)=O)c1ccccc1C(F)(F)F. The van der Waals surface area contributed by atoms with E-state index >= 15 is 0 Å². The summed E-state index contributed by atoms with van der Waals surface area (Å²) in [4.78, 5) is 46.2. The highest BCUT2D eigenvalue weighted by molar-refractivity contribution is 5.95. The van der Waals surface area contributed by atoms with Crippen LogP contribution in [0.1, 0.15) is 51.2 Å². The molecule has 0 aliphatic rings. The molecule has 0 bridgehead atoms. The summed E-state index contributed by atoms with van der Waals surface area (Å²) in [5, 5.41) is 0. The molecule has 0 aliphatic carbocycles. The van der Waals surface area contributed by atoms with Gasteiger partial charge < -0.3 is 9.47 Å². The predicted molar refractivity (Wildman–Crippen MR) is 86.2 cm³/mol. The Bertz CT molecular complexity index is 709. The van der Waals surface area contributed by atoms with Crippen molar-refractivity contribution >= 4 is 23.5 Å². The fourth-order valence-corrected chi connectivity index (χ4v) is 2.37. The quantitative estimate of drug-likeness (QED) is 0.386. The molecule has 148 valence electrons. The van der Waals surface area contributed by atoms with Gasteiger partial charge in [0.1, 0.15) is 24.4 Å². The average molecular weight is 388 g/mol. The molecular weight excluding hydrogens is 369 g/mol. The number of carbonyl (C=O) groups is 4. The van der Waals surface area contributed by atoms with Crippen LogP contribution in [0.5, 0.6) is 0 Å². The maximum absolute atomic E-state index is 13.4. The zero-order valence-electron chi connectivity index (χ0n) is 15.0. The Hall–Kier alpha value is -2.71. The standard InChI is InChI=1S/C18H19F3O6/c1-4-17(26-15(24)9-11(2)22,27-16(25)10-12(3)23)13-7-5-6-8-14(13)18(19,20)21/h5-8H,4,9-10H2,1-3H3. The Labute approximate surface area is 153 Å². The van der Waals surface area contributed by atoms with Crippen LogP contribution in [-0.4, -0.2) is 23.5 Å². The number of benzene rings is 1. The first-order valence-electron chi connectivity index (χ1n) is 8.00. The van der Waals surface area contributed by atoms with Crippen molar-refractivity contribution in [2.75, 3.05) is 0 Å². The van der Waals surface area contributed by atoms with Crippen molar-refractivity contribution < 1.29 is 41.8 Å². The van der Waals surface area contributed by atoms with E-state index in [9.17, 15) is 32.3 Å². The third-order valence-corrected chi connectivity index (χ3v) is 3.45. The van der Waals surface area contributed by atoms with Crippen molar-refractivity contribution in [1.29, 1.82) is 0 Å². The number of hydrogen-bond acceptors (Lipinski definition) is 6.